The molecule has 1 N–H and O–H groups in total. The Morgan fingerprint density at radius 3 is 2.50 bits per heavy atom. The van der Waals surface area contributed by atoms with Crippen LogP contribution in [0.5, 0.6) is 0 Å². The molecule has 0 heterocycles. The van der Waals surface area contributed by atoms with Gasteiger partial charge in [-0.15, -0.1) is 0 Å². The first kappa shape index (κ1) is 14.1. The molecule has 20 heavy (non-hydrogen) atoms. The van der Waals surface area contributed by atoms with Gasteiger partial charge in [0.15, 0.2) is 0 Å². The second-order valence-corrected chi connectivity index (χ2v) is 4.80. The van der Waals surface area contributed by atoms with Gasteiger partial charge < -0.3 is 10.2 Å². The highest BCUT2D eigenvalue weighted by Gasteiger charge is 2.12. The number of carbonyl (C=O) groups is 1. The van der Waals surface area contributed by atoms with Crippen LogP contribution in [0.2, 0.25) is 0 Å². The molecule has 2 rings (SSSR count). The predicted octanol–water partition coefficient (Wildman–Crippen LogP) is 4.05. The number of hydrogen-bond acceptors (Lipinski definition) is 1. The lowest BCUT2D eigenvalue weighted by molar-refractivity contribution is 0.212. The van der Waals surface area contributed by atoms with E-state index in [1.807, 2.05) is 68.4 Å². The van der Waals surface area contributed by atoms with E-state index in [1.165, 1.54) is 0 Å². The zero-order valence-corrected chi connectivity index (χ0v) is 12.0. The van der Waals surface area contributed by atoms with Gasteiger partial charge in [-0.1, -0.05) is 42.5 Å². The molecule has 3 nitrogen and oxygen atoms in total. The van der Waals surface area contributed by atoms with Crippen molar-refractivity contribution in [3.8, 4) is 0 Å². The van der Waals surface area contributed by atoms with E-state index in [9.17, 15) is 4.79 Å². The number of urea groups is 1. The Balaban J connectivity index is 2.02. The molecule has 0 radical (unpaired) electrons. The average molecular weight is 268 g/mol. The minimum Gasteiger partial charge on any atom is -0.320 e. The smallest absolute Gasteiger partial charge is 0.320 e. The maximum absolute atomic E-state index is 12.3. The number of amides is 2. The maximum Gasteiger partial charge on any atom is 0.322 e. The third kappa shape index (κ3) is 3.85. The van der Waals surface area contributed by atoms with Crippen molar-refractivity contribution in [2.75, 3.05) is 11.9 Å². The summed E-state index contributed by atoms with van der Waals surface area (Å²) in [7, 11) is 0. The lowest BCUT2D eigenvalue weighted by atomic mass is 10.2. The van der Waals surface area contributed by atoms with E-state index < -0.39 is 0 Å². The van der Waals surface area contributed by atoms with Crippen LogP contribution in [0.4, 0.5) is 10.5 Å². The van der Waals surface area contributed by atoms with Gasteiger partial charge in [-0.3, -0.25) is 0 Å². The average Bonchev–Trinajstić information content (AvgIpc) is 2.45. The van der Waals surface area contributed by atoms with Crippen molar-refractivity contribution in [1.29, 1.82) is 0 Å². The Labute approximate surface area is 120 Å². The topological polar surface area (TPSA) is 32.3 Å². The van der Waals surface area contributed by atoms with Crippen molar-refractivity contribution in [2.45, 2.75) is 20.4 Å². The predicted molar refractivity (Wildman–Crippen MR) is 82.7 cm³/mol. The third-order valence-electron chi connectivity index (χ3n) is 3.15. The summed E-state index contributed by atoms with van der Waals surface area (Å²) < 4.78 is 0. The van der Waals surface area contributed by atoms with Crippen LogP contribution < -0.4 is 5.32 Å². The van der Waals surface area contributed by atoms with Gasteiger partial charge in [0.05, 0.1) is 0 Å². The Morgan fingerprint density at radius 1 is 1.10 bits per heavy atom. The molecular weight excluding hydrogens is 248 g/mol. The van der Waals surface area contributed by atoms with Crippen molar-refractivity contribution in [2.24, 2.45) is 0 Å². The van der Waals surface area contributed by atoms with Gasteiger partial charge in [-0.25, -0.2) is 4.79 Å². The van der Waals surface area contributed by atoms with Crippen LogP contribution in [0.1, 0.15) is 18.1 Å². The Kier molecular flexibility index (Phi) is 4.77. The fraction of sp³-hybridized carbons (Fsp3) is 0.235. The number of anilines is 1. The van der Waals surface area contributed by atoms with E-state index in [4.69, 9.17) is 0 Å². The molecule has 2 aromatic rings. The van der Waals surface area contributed by atoms with Crippen LogP contribution in [0.25, 0.3) is 0 Å². The molecule has 2 amide bonds. The number of aryl methyl sites for hydroxylation is 1. The summed E-state index contributed by atoms with van der Waals surface area (Å²) in [4.78, 5) is 14.1. The molecule has 0 fully saturated rings. The molecule has 0 spiro atoms. The van der Waals surface area contributed by atoms with Gasteiger partial charge in [-0.2, -0.15) is 0 Å². The Hall–Kier alpha value is -2.29. The van der Waals surface area contributed by atoms with E-state index in [0.717, 1.165) is 16.8 Å². The summed E-state index contributed by atoms with van der Waals surface area (Å²) in [6, 6.07) is 17.8. The van der Waals surface area contributed by atoms with Gasteiger partial charge >= 0.3 is 6.03 Å². The molecule has 3 heteroatoms. The molecule has 0 saturated heterocycles. The second-order valence-electron chi connectivity index (χ2n) is 4.80. The highest BCUT2D eigenvalue weighted by molar-refractivity contribution is 5.89. The van der Waals surface area contributed by atoms with Crippen LogP contribution in [0.15, 0.2) is 54.6 Å². The molecule has 104 valence electrons. The van der Waals surface area contributed by atoms with Crippen LogP contribution in [0.3, 0.4) is 0 Å². The van der Waals surface area contributed by atoms with E-state index in [2.05, 4.69) is 5.32 Å². The number of nitrogens with zero attached hydrogens (tertiary/aromatic N) is 1. The van der Waals surface area contributed by atoms with Crippen molar-refractivity contribution in [3.63, 3.8) is 0 Å². The quantitative estimate of drug-likeness (QED) is 0.891. The summed E-state index contributed by atoms with van der Waals surface area (Å²) >= 11 is 0. The number of rotatable bonds is 4. The minimum absolute atomic E-state index is 0.0676. The largest absolute Gasteiger partial charge is 0.322 e. The normalized spacial score (nSPS) is 10.1. The number of hydrogen-bond donors (Lipinski definition) is 1. The molecular formula is C17H20N2O. The Morgan fingerprint density at radius 2 is 1.85 bits per heavy atom. The molecule has 0 aliphatic carbocycles. The molecule has 0 aromatic heterocycles. The zero-order valence-electron chi connectivity index (χ0n) is 12.0. The van der Waals surface area contributed by atoms with Gasteiger partial charge in [-0.05, 0) is 37.1 Å². The van der Waals surface area contributed by atoms with Gasteiger partial charge in [0.2, 0.25) is 0 Å². The molecule has 0 aliphatic heterocycles. The third-order valence-corrected chi connectivity index (χ3v) is 3.15. The Bertz CT molecular complexity index is 566. The van der Waals surface area contributed by atoms with Crippen molar-refractivity contribution in [3.05, 3.63) is 65.7 Å². The summed E-state index contributed by atoms with van der Waals surface area (Å²) in [5.74, 6) is 0. The molecule has 0 saturated carbocycles. The van der Waals surface area contributed by atoms with E-state index in [0.29, 0.717) is 13.1 Å². The fourth-order valence-electron chi connectivity index (χ4n) is 2.06. The lowest BCUT2D eigenvalue weighted by Gasteiger charge is -2.21. The van der Waals surface area contributed by atoms with E-state index >= 15 is 0 Å². The number of benzene rings is 2. The summed E-state index contributed by atoms with van der Waals surface area (Å²) in [5, 5.41) is 2.94. The van der Waals surface area contributed by atoms with Crippen LogP contribution in [-0.2, 0) is 6.54 Å². The second kappa shape index (κ2) is 6.75. The standard InChI is InChI=1S/C17H20N2O/c1-3-19(13-15-9-5-4-6-10-15)17(20)18-16-11-7-8-14(2)12-16/h4-12H,3,13H2,1-2H3,(H,18,20). The van der Waals surface area contributed by atoms with Crippen molar-refractivity contribution >= 4 is 11.7 Å². The monoisotopic (exact) mass is 268 g/mol. The van der Waals surface area contributed by atoms with Crippen LogP contribution in [-0.4, -0.2) is 17.5 Å². The number of carbonyl (C=O) groups excluding carboxylic acids is 1. The fourth-order valence-corrected chi connectivity index (χ4v) is 2.06. The molecule has 0 aliphatic rings. The van der Waals surface area contributed by atoms with Crippen LogP contribution >= 0.6 is 0 Å². The summed E-state index contributed by atoms with van der Waals surface area (Å²) in [6.45, 7) is 5.29. The zero-order chi connectivity index (χ0) is 14.4. The summed E-state index contributed by atoms with van der Waals surface area (Å²) in [5.41, 5.74) is 3.10. The van der Waals surface area contributed by atoms with Gasteiger partial charge in [0.25, 0.3) is 0 Å². The van der Waals surface area contributed by atoms with Gasteiger partial charge in [0.1, 0.15) is 0 Å². The molecule has 2 aromatic carbocycles. The molecule has 0 unspecified atom stereocenters. The molecule has 0 atom stereocenters. The highest BCUT2D eigenvalue weighted by atomic mass is 16.2. The number of nitrogens with one attached hydrogen (secondary N) is 1. The van der Waals surface area contributed by atoms with Crippen LogP contribution in [0, 0.1) is 6.92 Å². The maximum atomic E-state index is 12.3. The summed E-state index contributed by atoms with van der Waals surface area (Å²) in [6.07, 6.45) is 0. The SMILES string of the molecule is CCN(Cc1ccccc1)C(=O)Nc1cccc(C)c1. The van der Waals surface area contributed by atoms with Crippen molar-refractivity contribution < 1.29 is 4.79 Å². The van der Waals surface area contributed by atoms with E-state index in [1.54, 1.807) is 4.90 Å². The van der Waals surface area contributed by atoms with Gasteiger partial charge in [0, 0.05) is 18.8 Å². The van der Waals surface area contributed by atoms with Crippen molar-refractivity contribution in [1.82, 2.24) is 4.90 Å². The van der Waals surface area contributed by atoms with E-state index in [-0.39, 0.29) is 6.03 Å². The molecule has 0 bridgehead atoms. The highest BCUT2D eigenvalue weighted by Crippen LogP contribution is 2.12. The lowest BCUT2D eigenvalue weighted by Crippen LogP contribution is -2.34. The first-order chi connectivity index (χ1) is 9.69. The first-order valence-electron chi connectivity index (χ1n) is 6.85. The first-order valence-corrected chi connectivity index (χ1v) is 6.85. The minimum atomic E-state index is -0.0676.